The Bertz CT molecular complexity index is 661. The number of hydrogen-bond acceptors (Lipinski definition) is 4. The molecule has 3 fully saturated rings. The van der Waals surface area contributed by atoms with E-state index in [0.717, 1.165) is 64.7 Å². The van der Waals surface area contributed by atoms with Crippen molar-refractivity contribution in [2.45, 2.75) is 50.6 Å². The Balaban J connectivity index is 1.29. The minimum Gasteiger partial charge on any atom is -0.353 e. The van der Waals surface area contributed by atoms with Gasteiger partial charge in [-0.2, -0.15) is 0 Å². The van der Waals surface area contributed by atoms with Crippen LogP contribution in [0.15, 0.2) is 12.5 Å². The number of hydrogen-bond donors (Lipinski definition) is 1. The fourth-order valence-electron chi connectivity index (χ4n) is 4.26. The summed E-state index contributed by atoms with van der Waals surface area (Å²) in [7, 11) is 1.85. The van der Waals surface area contributed by atoms with Crippen LogP contribution in [0.4, 0.5) is 0 Å². The maximum atomic E-state index is 12.6. The fraction of sp³-hybridized carbons (Fsp3) is 0.737. The smallest absolute Gasteiger partial charge is 0.272 e. The molecule has 1 aliphatic carbocycles. The van der Waals surface area contributed by atoms with Crippen molar-refractivity contribution in [3.05, 3.63) is 18.2 Å². The maximum Gasteiger partial charge on any atom is 0.272 e. The summed E-state index contributed by atoms with van der Waals surface area (Å²) in [5.74, 6) is 0.461. The molecule has 1 aromatic rings. The molecule has 1 atom stereocenters. The summed E-state index contributed by atoms with van der Waals surface area (Å²) in [6.45, 7) is 3.51. The summed E-state index contributed by atoms with van der Waals surface area (Å²) in [6.07, 6.45) is 9.67. The zero-order valence-corrected chi connectivity index (χ0v) is 15.6. The number of aromatic nitrogens is 2. The first-order valence-corrected chi connectivity index (χ1v) is 9.92. The summed E-state index contributed by atoms with van der Waals surface area (Å²) >= 11 is 0. The van der Waals surface area contributed by atoms with Crippen molar-refractivity contribution >= 4 is 11.8 Å². The van der Waals surface area contributed by atoms with Crippen molar-refractivity contribution < 1.29 is 9.59 Å². The van der Waals surface area contributed by atoms with E-state index in [2.05, 4.69) is 15.2 Å². The largest absolute Gasteiger partial charge is 0.353 e. The van der Waals surface area contributed by atoms with Gasteiger partial charge in [-0.3, -0.25) is 14.5 Å². The van der Waals surface area contributed by atoms with Crippen LogP contribution in [0.25, 0.3) is 0 Å². The summed E-state index contributed by atoms with van der Waals surface area (Å²) in [5.41, 5.74) is 0.651. The molecule has 7 nitrogen and oxygen atoms in total. The SMILES string of the molecule is Cn1cncc1C(=O)N1CCC(N2CCC[C@H](C(=O)NC3CC3)C2)CC1. The summed E-state index contributed by atoms with van der Waals surface area (Å²) < 4.78 is 1.78. The van der Waals surface area contributed by atoms with Crippen LogP contribution < -0.4 is 5.32 Å². The molecule has 0 bridgehead atoms. The van der Waals surface area contributed by atoms with Crippen molar-refractivity contribution in [3.63, 3.8) is 0 Å². The van der Waals surface area contributed by atoms with Crippen molar-refractivity contribution in [1.82, 2.24) is 24.7 Å². The van der Waals surface area contributed by atoms with Gasteiger partial charge in [0.2, 0.25) is 5.91 Å². The van der Waals surface area contributed by atoms with E-state index in [9.17, 15) is 9.59 Å². The zero-order chi connectivity index (χ0) is 18.1. The number of carbonyl (C=O) groups is 2. The molecule has 1 aromatic heterocycles. The van der Waals surface area contributed by atoms with Crippen LogP contribution in [0, 0.1) is 5.92 Å². The highest BCUT2D eigenvalue weighted by Crippen LogP contribution is 2.26. The molecule has 3 heterocycles. The van der Waals surface area contributed by atoms with Crippen LogP contribution in [0.1, 0.15) is 49.0 Å². The van der Waals surface area contributed by atoms with E-state index < -0.39 is 0 Å². The Hall–Kier alpha value is -1.89. The van der Waals surface area contributed by atoms with E-state index in [1.54, 1.807) is 17.1 Å². The van der Waals surface area contributed by atoms with Crippen LogP contribution in [-0.4, -0.2) is 69.4 Å². The first-order valence-electron chi connectivity index (χ1n) is 9.92. The Morgan fingerprint density at radius 1 is 1.12 bits per heavy atom. The lowest BCUT2D eigenvalue weighted by Crippen LogP contribution is -2.51. The van der Waals surface area contributed by atoms with Gasteiger partial charge in [0, 0.05) is 38.8 Å². The molecule has 7 heteroatoms. The molecule has 142 valence electrons. The second kappa shape index (κ2) is 7.39. The second-order valence-corrected chi connectivity index (χ2v) is 8.03. The van der Waals surface area contributed by atoms with Crippen molar-refractivity contribution in [1.29, 1.82) is 0 Å². The van der Waals surface area contributed by atoms with Gasteiger partial charge in [-0.25, -0.2) is 4.98 Å². The molecule has 26 heavy (non-hydrogen) atoms. The lowest BCUT2D eigenvalue weighted by molar-refractivity contribution is -0.127. The van der Waals surface area contributed by atoms with Gasteiger partial charge in [-0.15, -0.1) is 0 Å². The molecule has 4 rings (SSSR count). The van der Waals surface area contributed by atoms with E-state index in [0.29, 0.717) is 17.8 Å². The first-order chi connectivity index (χ1) is 12.6. The van der Waals surface area contributed by atoms with Crippen molar-refractivity contribution in [3.8, 4) is 0 Å². The lowest BCUT2D eigenvalue weighted by Gasteiger charge is -2.42. The predicted molar refractivity (Wildman–Crippen MR) is 97.6 cm³/mol. The number of nitrogens with one attached hydrogen (secondary N) is 1. The van der Waals surface area contributed by atoms with Crippen LogP contribution in [0.3, 0.4) is 0 Å². The average molecular weight is 359 g/mol. The molecule has 1 saturated carbocycles. The predicted octanol–water partition coefficient (Wildman–Crippen LogP) is 1.02. The Labute approximate surface area is 154 Å². The highest BCUT2D eigenvalue weighted by Gasteiger charge is 2.34. The van der Waals surface area contributed by atoms with E-state index in [1.807, 2.05) is 11.9 Å². The quantitative estimate of drug-likeness (QED) is 0.871. The van der Waals surface area contributed by atoms with Gasteiger partial charge in [0.05, 0.1) is 18.4 Å². The number of aryl methyl sites for hydroxylation is 1. The number of nitrogens with zero attached hydrogens (tertiary/aromatic N) is 4. The van der Waals surface area contributed by atoms with E-state index in [-0.39, 0.29) is 17.7 Å². The molecule has 2 aliphatic heterocycles. The molecule has 0 radical (unpaired) electrons. The normalized spacial score (nSPS) is 25.3. The van der Waals surface area contributed by atoms with Gasteiger partial charge in [0.1, 0.15) is 5.69 Å². The number of imidazole rings is 1. The molecule has 1 N–H and O–H groups in total. The molecule has 2 saturated heterocycles. The number of likely N-dealkylation sites (tertiary alicyclic amines) is 2. The monoisotopic (exact) mass is 359 g/mol. The van der Waals surface area contributed by atoms with Crippen molar-refractivity contribution in [2.24, 2.45) is 13.0 Å². The maximum absolute atomic E-state index is 12.6. The van der Waals surface area contributed by atoms with Gasteiger partial charge in [0.15, 0.2) is 0 Å². The second-order valence-electron chi connectivity index (χ2n) is 8.03. The van der Waals surface area contributed by atoms with E-state index in [1.165, 1.54) is 0 Å². The lowest BCUT2D eigenvalue weighted by atomic mass is 9.93. The third-order valence-corrected chi connectivity index (χ3v) is 6.05. The van der Waals surface area contributed by atoms with Gasteiger partial charge in [-0.1, -0.05) is 0 Å². The highest BCUT2D eigenvalue weighted by molar-refractivity contribution is 5.92. The molecule has 0 unspecified atom stereocenters. The summed E-state index contributed by atoms with van der Waals surface area (Å²) in [4.78, 5) is 33.5. The molecule has 3 aliphatic rings. The zero-order valence-electron chi connectivity index (χ0n) is 15.6. The summed E-state index contributed by atoms with van der Waals surface area (Å²) in [6, 6.07) is 0.932. The van der Waals surface area contributed by atoms with Crippen LogP contribution in [-0.2, 0) is 11.8 Å². The highest BCUT2D eigenvalue weighted by atomic mass is 16.2. The van der Waals surface area contributed by atoms with E-state index in [4.69, 9.17) is 0 Å². The van der Waals surface area contributed by atoms with Crippen molar-refractivity contribution in [2.75, 3.05) is 26.2 Å². The van der Waals surface area contributed by atoms with Gasteiger partial charge in [-0.05, 0) is 45.1 Å². The van der Waals surface area contributed by atoms with Gasteiger partial charge < -0.3 is 14.8 Å². The topological polar surface area (TPSA) is 70.5 Å². The standard InChI is InChI=1S/C19H29N5O2/c1-22-13-20-11-17(22)19(26)23-9-6-16(7-10-23)24-8-2-3-14(12-24)18(25)21-15-4-5-15/h11,13-16H,2-10,12H2,1H3,(H,21,25)/t14-/m0/s1. The fourth-order valence-corrected chi connectivity index (χ4v) is 4.26. The van der Waals surface area contributed by atoms with Crippen LogP contribution >= 0.6 is 0 Å². The number of rotatable bonds is 4. The molecular weight excluding hydrogens is 330 g/mol. The minimum absolute atomic E-state index is 0.0729. The van der Waals surface area contributed by atoms with Gasteiger partial charge >= 0.3 is 0 Å². The Morgan fingerprint density at radius 2 is 1.88 bits per heavy atom. The Kier molecular flexibility index (Phi) is 4.98. The van der Waals surface area contributed by atoms with Crippen LogP contribution in [0.5, 0.6) is 0 Å². The summed E-state index contributed by atoms with van der Waals surface area (Å²) in [5, 5.41) is 3.16. The molecule has 2 amide bonds. The number of piperidine rings is 2. The Morgan fingerprint density at radius 3 is 2.54 bits per heavy atom. The van der Waals surface area contributed by atoms with E-state index >= 15 is 0 Å². The van der Waals surface area contributed by atoms with Crippen LogP contribution in [0.2, 0.25) is 0 Å². The first kappa shape index (κ1) is 17.5. The minimum atomic E-state index is 0.0729. The third kappa shape index (κ3) is 3.77. The molecule has 0 aromatic carbocycles. The number of amides is 2. The molecule has 0 spiro atoms. The average Bonchev–Trinajstić information content (AvgIpc) is 3.39. The van der Waals surface area contributed by atoms with Gasteiger partial charge in [0.25, 0.3) is 5.91 Å². The third-order valence-electron chi connectivity index (χ3n) is 6.05. The molecular formula is C19H29N5O2. The number of carbonyl (C=O) groups excluding carboxylic acids is 2.